The quantitative estimate of drug-likeness (QED) is 0.484. The SMILES string of the molecule is O=C1[CH]CCCCCC1. The Hall–Kier alpha value is -0.330. The third-order valence-corrected chi connectivity index (χ3v) is 1.75. The molecular formula is C8H13O. The maximum atomic E-state index is 10.8. The maximum absolute atomic E-state index is 10.8. The van der Waals surface area contributed by atoms with Gasteiger partial charge in [-0.05, 0) is 12.8 Å². The zero-order valence-electron chi connectivity index (χ0n) is 5.73. The molecule has 0 bridgehead atoms. The maximum Gasteiger partial charge on any atom is 0.136 e. The molecule has 0 atom stereocenters. The Morgan fingerprint density at radius 3 is 2.78 bits per heavy atom. The van der Waals surface area contributed by atoms with Crippen molar-refractivity contribution in [2.45, 2.75) is 38.5 Å². The van der Waals surface area contributed by atoms with Crippen LogP contribution >= 0.6 is 0 Å². The van der Waals surface area contributed by atoms with Gasteiger partial charge in [0.05, 0.1) is 0 Å². The summed E-state index contributed by atoms with van der Waals surface area (Å²) in [6, 6.07) is 0. The van der Waals surface area contributed by atoms with E-state index in [4.69, 9.17) is 0 Å². The summed E-state index contributed by atoms with van der Waals surface area (Å²) in [5, 5.41) is 0. The summed E-state index contributed by atoms with van der Waals surface area (Å²) in [5.74, 6) is 0.356. The van der Waals surface area contributed by atoms with Crippen LogP contribution in [0.2, 0.25) is 0 Å². The number of ketones is 1. The van der Waals surface area contributed by atoms with E-state index in [0.29, 0.717) is 5.78 Å². The standard InChI is InChI=1S/C8H13O/c9-8-6-4-2-1-3-5-7-8/h6H,1-5,7H2. The smallest absolute Gasteiger partial charge is 0.136 e. The molecule has 0 aromatic carbocycles. The fourth-order valence-corrected chi connectivity index (χ4v) is 1.16. The van der Waals surface area contributed by atoms with Crippen molar-refractivity contribution >= 4 is 5.78 Å². The number of carbonyl (C=O) groups is 1. The van der Waals surface area contributed by atoms with E-state index in [9.17, 15) is 4.79 Å². The zero-order valence-corrected chi connectivity index (χ0v) is 5.73. The highest BCUT2D eigenvalue weighted by atomic mass is 16.1. The number of rotatable bonds is 0. The van der Waals surface area contributed by atoms with Crippen molar-refractivity contribution in [3.8, 4) is 0 Å². The highest BCUT2D eigenvalue weighted by Crippen LogP contribution is 2.12. The Kier molecular flexibility index (Phi) is 2.75. The lowest BCUT2D eigenvalue weighted by Gasteiger charge is -2.05. The zero-order chi connectivity index (χ0) is 6.53. The van der Waals surface area contributed by atoms with E-state index < -0.39 is 0 Å². The fraction of sp³-hybridized carbons (Fsp3) is 0.750. The second kappa shape index (κ2) is 3.65. The lowest BCUT2D eigenvalue weighted by Crippen LogP contribution is -2.01. The number of carbonyl (C=O) groups excluding carboxylic acids is 1. The lowest BCUT2D eigenvalue weighted by atomic mass is 10.0. The number of hydrogen-bond donors (Lipinski definition) is 0. The summed E-state index contributed by atoms with van der Waals surface area (Å²) in [5.41, 5.74) is 0. The van der Waals surface area contributed by atoms with Gasteiger partial charge in [-0.1, -0.05) is 19.3 Å². The molecule has 0 spiro atoms. The Morgan fingerprint density at radius 1 is 1.11 bits per heavy atom. The van der Waals surface area contributed by atoms with Crippen LogP contribution in [-0.2, 0) is 4.79 Å². The topological polar surface area (TPSA) is 17.1 Å². The molecule has 0 unspecified atom stereocenters. The third kappa shape index (κ3) is 2.64. The van der Waals surface area contributed by atoms with Crippen LogP contribution in [0.5, 0.6) is 0 Å². The molecule has 1 rings (SSSR count). The first kappa shape index (κ1) is 6.79. The monoisotopic (exact) mass is 125 g/mol. The summed E-state index contributed by atoms with van der Waals surface area (Å²) in [7, 11) is 0. The van der Waals surface area contributed by atoms with E-state index >= 15 is 0 Å². The molecule has 9 heavy (non-hydrogen) atoms. The van der Waals surface area contributed by atoms with E-state index in [0.717, 1.165) is 19.3 Å². The van der Waals surface area contributed by atoms with Gasteiger partial charge in [0.2, 0.25) is 0 Å². The lowest BCUT2D eigenvalue weighted by molar-refractivity contribution is -0.116. The van der Waals surface area contributed by atoms with Crippen molar-refractivity contribution in [3.63, 3.8) is 0 Å². The second-order valence-corrected chi connectivity index (χ2v) is 2.62. The van der Waals surface area contributed by atoms with Crippen LogP contribution in [0, 0.1) is 6.42 Å². The molecule has 0 saturated heterocycles. The molecular weight excluding hydrogens is 112 g/mol. The molecule has 51 valence electrons. The number of hydrogen-bond acceptors (Lipinski definition) is 1. The normalized spacial score (nSPS) is 22.9. The van der Waals surface area contributed by atoms with Gasteiger partial charge >= 0.3 is 0 Å². The van der Waals surface area contributed by atoms with Gasteiger partial charge in [-0.15, -0.1) is 0 Å². The van der Waals surface area contributed by atoms with Gasteiger partial charge in [0.25, 0.3) is 0 Å². The molecule has 0 N–H and O–H groups in total. The first-order valence-corrected chi connectivity index (χ1v) is 3.75. The van der Waals surface area contributed by atoms with E-state index in [1.54, 1.807) is 0 Å². The van der Waals surface area contributed by atoms with Crippen LogP contribution < -0.4 is 0 Å². The molecule has 1 radical (unpaired) electrons. The molecule has 0 aliphatic heterocycles. The van der Waals surface area contributed by atoms with E-state index in [1.807, 2.05) is 6.42 Å². The van der Waals surface area contributed by atoms with Crippen LogP contribution in [0.3, 0.4) is 0 Å². The minimum atomic E-state index is 0.356. The van der Waals surface area contributed by atoms with E-state index in [1.165, 1.54) is 19.3 Å². The summed E-state index contributed by atoms with van der Waals surface area (Å²) in [6.07, 6.45) is 8.53. The summed E-state index contributed by atoms with van der Waals surface area (Å²) < 4.78 is 0. The first-order valence-electron chi connectivity index (χ1n) is 3.75. The van der Waals surface area contributed by atoms with Gasteiger partial charge in [0.1, 0.15) is 5.78 Å². The van der Waals surface area contributed by atoms with Crippen LogP contribution in [0.1, 0.15) is 38.5 Å². The predicted octanol–water partition coefficient (Wildman–Crippen LogP) is 2.11. The van der Waals surface area contributed by atoms with Crippen LogP contribution in [0.15, 0.2) is 0 Å². The van der Waals surface area contributed by atoms with Crippen molar-refractivity contribution < 1.29 is 4.79 Å². The van der Waals surface area contributed by atoms with E-state index in [2.05, 4.69) is 0 Å². The second-order valence-electron chi connectivity index (χ2n) is 2.62. The number of Topliss-reactive ketones (excluding diaryl/α,β-unsaturated/α-hetero) is 1. The minimum absolute atomic E-state index is 0.356. The molecule has 1 aliphatic carbocycles. The Bertz CT molecular complexity index is 86.7. The summed E-state index contributed by atoms with van der Waals surface area (Å²) in [6.45, 7) is 0. The Labute approximate surface area is 56.4 Å². The van der Waals surface area contributed by atoms with Crippen molar-refractivity contribution in [2.75, 3.05) is 0 Å². The molecule has 0 amide bonds. The van der Waals surface area contributed by atoms with Gasteiger partial charge in [-0.3, -0.25) is 4.79 Å². The molecule has 0 aromatic rings. The average Bonchev–Trinajstić information content (AvgIpc) is 1.79. The Balaban J connectivity index is 2.20. The highest BCUT2D eigenvalue weighted by Gasteiger charge is 2.04. The van der Waals surface area contributed by atoms with Gasteiger partial charge in [-0.25, -0.2) is 0 Å². The van der Waals surface area contributed by atoms with Gasteiger partial charge in [0, 0.05) is 12.8 Å². The van der Waals surface area contributed by atoms with E-state index in [-0.39, 0.29) is 0 Å². The molecule has 0 heterocycles. The molecule has 0 aromatic heterocycles. The van der Waals surface area contributed by atoms with Crippen LogP contribution in [0.25, 0.3) is 0 Å². The minimum Gasteiger partial charge on any atom is -0.299 e. The fourth-order valence-electron chi connectivity index (χ4n) is 1.16. The molecule has 1 nitrogen and oxygen atoms in total. The summed E-state index contributed by atoms with van der Waals surface area (Å²) >= 11 is 0. The van der Waals surface area contributed by atoms with Crippen molar-refractivity contribution in [2.24, 2.45) is 0 Å². The largest absolute Gasteiger partial charge is 0.299 e. The van der Waals surface area contributed by atoms with Crippen LogP contribution in [0.4, 0.5) is 0 Å². The van der Waals surface area contributed by atoms with Crippen molar-refractivity contribution in [1.29, 1.82) is 0 Å². The third-order valence-electron chi connectivity index (χ3n) is 1.75. The first-order chi connectivity index (χ1) is 4.39. The van der Waals surface area contributed by atoms with Gasteiger partial charge in [-0.2, -0.15) is 0 Å². The predicted molar refractivity (Wildman–Crippen MR) is 37.0 cm³/mol. The van der Waals surface area contributed by atoms with Crippen LogP contribution in [-0.4, -0.2) is 5.78 Å². The average molecular weight is 125 g/mol. The Morgan fingerprint density at radius 2 is 1.89 bits per heavy atom. The highest BCUT2D eigenvalue weighted by molar-refractivity contribution is 5.86. The van der Waals surface area contributed by atoms with Gasteiger partial charge in [0.15, 0.2) is 0 Å². The molecule has 1 fully saturated rings. The van der Waals surface area contributed by atoms with Crippen molar-refractivity contribution in [1.82, 2.24) is 0 Å². The summed E-state index contributed by atoms with van der Waals surface area (Å²) in [4.78, 5) is 10.8. The molecule has 1 aliphatic rings. The van der Waals surface area contributed by atoms with Crippen molar-refractivity contribution in [3.05, 3.63) is 6.42 Å². The molecule has 1 heteroatoms. The van der Waals surface area contributed by atoms with Gasteiger partial charge < -0.3 is 0 Å². The molecule has 1 saturated carbocycles.